The number of piperidine rings is 1. The molecule has 8 heteroatoms. The molecule has 5 rings (SSSR count). The summed E-state index contributed by atoms with van der Waals surface area (Å²) >= 11 is 0. The summed E-state index contributed by atoms with van der Waals surface area (Å²) < 4.78 is 28.1. The third kappa shape index (κ3) is 4.41. The molecule has 2 aromatic rings. The Hall–Kier alpha value is -3.65. The van der Waals surface area contributed by atoms with Gasteiger partial charge in [0.05, 0.1) is 15.9 Å². The second-order valence-electron chi connectivity index (χ2n) is 8.53. The molecule has 3 atom stereocenters. The van der Waals surface area contributed by atoms with Gasteiger partial charge in [0, 0.05) is 29.9 Å². The molecule has 8 nitrogen and oxygen atoms in total. The van der Waals surface area contributed by atoms with E-state index >= 15 is 0 Å². The topological polar surface area (TPSA) is 88.2 Å². The highest BCUT2D eigenvalue weighted by Gasteiger charge is 2.39. The summed E-state index contributed by atoms with van der Waals surface area (Å²) in [6.45, 7) is 2.87. The number of amides is 3. The zero-order valence-electron chi connectivity index (χ0n) is 20.7. The van der Waals surface area contributed by atoms with E-state index in [0.717, 1.165) is 0 Å². The normalized spacial score (nSPS) is 23.1. The van der Waals surface area contributed by atoms with E-state index in [0.29, 0.717) is 59.7 Å². The second kappa shape index (κ2) is 9.30. The first-order valence-corrected chi connectivity index (χ1v) is 11.2. The highest BCUT2D eigenvalue weighted by Crippen LogP contribution is 2.34. The third-order valence-corrected chi connectivity index (χ3v) is 6.24. The predicted molar refractivity (Wildman–Crippen MR) is 124 cm³/mol. The first-order chi connectivity index (χ1) is 17.3. The van der Waals surface area contributed by atoms with E-state index in [2.05, 4.69) is 11.9 Å². The van der Waals surface area contributed by atoms with Crippen molar-refractivity contribution in [3.63, 3.8) is 0 Å². The van der Waals surface area contributed by atoms with Crippen LogP contribution in [0.5, 0.6) is 5.75 Å². The lowest BCUT2D eigenvalue weighted by Gasteiger charge is -2.31. The van der Waals surface area contributed by atoms with Gasteiger partial charge in [-0.3, -0.25) is 14.4 Å². The molecule has 0 aromatic heterocycles. The number of hydrogen-bond acceptors (Lipinski definition) is 5. The van der Waals surface area contributed by atoms with Crippen LogP contribution in [0.3, 0.4) is 0 Å². The Morgan fingerprint density at radius 2 is 1.94 bits per heavy atom. The number of ether oxygens (including phenoxy) is 2. The molecule has 2 aromatic carbocycles. The number of nitrogens with zero attached hydrogens (tertiary/aromatic N) is 2. The first kappa shape index (κ1) is 19.8. The fourth-order valence-electron chi connectivity index (χ4n) is 4.39. The van der Waals surface area contributed by atoms with Gasteiger partial charge < -0.3 is 24.6 Å². The number of allylic oxidation sites excluding steroid dienone is 1. The van der Waals surface area contributed by atoms with Gasteiger partial charge in [-0.25, -0.2) is 0 Å². The summed E-state index contributed by atoms with van der Waals surface area (Å²) in [5.41, 5.74) is 2.99. The molecule has 0 bridgehead atoms. The second-order valence-corrected chi connectivity index (χ2v) is 8.53. The molecule has 3 aliphatic heterocycles. The number of benzene rings is 2. The SMILES string of the molecule is [2H]C(Oc1cccc2c1CN(C1CCC(=C)NC1=O)C2=O)c1ccc(C([2H])N2CCOCC2=O)cc1. The number of morpholine rings is 1. The highest BCUT2D eigenvalue weighted by atomic mass is 16.5. The molecule has 0 radical (unpaired) electrons. The van der Waals surface area contributed by atoms with Crippen molar-refractivity contribution < 1.29 is 26.6 Å². The van der Waals surface area contributed by atoms with Crippen molar-refractivity contribution in [3.05, 3.63) is 77.0 Å². The number of carbonyl (C=O) groups is 3. The molecule has 3 amide bonds. The lowest BCUT2D eigenvalue weighted by atomic mass is 10.0. The van der Waals surface area contributed by atoms with Crippen molar-refractivity contribution in [1.82, 2.24) is 15.1 Å². The highest BCUT2D eigenvalue weighted by molar-refractivity contribution is 6.02. The summed E-state index contributed by atoms with van der Waals surface area (Å²) in [5, 5.41) is 2.73. The summed E-state index contributed by atoms with van der Waals surface area (Å²) in [6.07, 6.45) is 1.13. The molecule has 3 unspecified atom stereocenters. The van der Waals surface area contributed by atoms with E-state index < -0.39 is 19.1 Å². The Balaban J connectivity index is 1.29. The number of fused-ring (bicyclic) bond motifs is 1. The van der Waals surface area contributed by atoms with Crippen LogP contribution in [0.15, 0.2) is 54.7 Å². The minimum absolute atomic E-state index is 0.0157. The van der Waals surface area contributed by atoms with E-state index in [1.165, 1.54) is 4.90 Å². The Bertz CT molecular complexity index is 1220. The van der Waals surface area contributed by atoms with Crippen molar-refractivity contribution in [2.24, 2.45) is 0 Å². The van der Waals surface area contributed by atoms with Crippen LogP contribution in [0, 0.1) is 0 Å². The molecule has 1 N–H and O–H groups in total. The van der Waals surface area contributed by atoms with E-state index in [4.69, 9.17) is 12.2 Å². The monoisotopic (exact) mass is 463 g/mol. The van der Waals surface area contributed by atoms with Crippen molar-refractivity contribution in [3.8, 4) is 5.75 Å². The van der Waals surface area contributed by atoms with Crippen LogP contribution < -0.4 is 10.1 Å². The van der Waals surface area contributed by atoms with Gasteiger partial charge in [-0.1, -0.05) is 36.9 Å². The zero-order chi connectivity index (χ0) is 25.4. The van der Waals surface area contributed by atoms with Crippen LogP contribution in [0.25, 0.3) is 0 Å². The summed E-state index contributed by atoms with van der Waals surface area (Å²) in [7, 11) is 0. The van der Waals surface area contributed by atoms with Gasteiger partial charge in [0.15, 0.2) is 0 Å². The summed E-state index contributed by atoms with van der Waals surface area (Å²) in [4.78, 5) is 40.6. The molecule has 0 saturated carbocycles. The molecule has 3 heterocycles. The number of rotatable bonds is 6. The minimum Gasteiger partial charge on any atom is -0.489 e. The molecule has 0 aliphatic carbocycles. The van der Waals surface area contributed by atoms with Gasteiger partial charge in [0.1, 0.15) is 25.0 Å². The molecular formula is C26H27N3O5. The lowest BCUT2D eigenvalue weighted by molar-refractivity contribution is -0.143. The summed E-state index contributed by atoms with van der Waals surface area (Å²) in [6, 6.07) is 11.4. The quantitative estimate of drug-likeness (QED) is 0.711. The maximum atomic E-state index is 13.1. The first-order valence-electron chi connectivity index (χ1n) is 12.4. The molecule has 176 valence electrons. The fraction of sp³-hybridized carbons (Fsp3) is 0.346. The minimum atomic E-state index is -1.06. The van der Waals surface area contributed by atoms with E-state index in [-0.39, 0.29) is 30.9 Å². The van der Waals surface area contributed by atoms with Gasteiger partial charge in [-0.05, 0) is 36.1 Å². The van der Waals surface area contributed by atoms with Crippen LogP contribution in [0.2, 0.25) is 0 Å². The van der Waals surface area contributed by atoms with Crippen molar-refractivity contribution >= 4 is 17.7 Å². The molecule has 0 spiro atoms. The average Bonchev–Trinajstić information content (AvgIpc) is 3.21. The van der Waals surface area contributed by atoms with Crippen LogP contribution in [0.4, 0.5) is 0 Å². The largest absolute Gasteiger partial charge is 0.489 e. The number of carbonyl (C=O) groups excluding carboxylic acids is 3. The van der Waals surface area contributed by atoms with Crippen LogP contribution >= 0.6 is 0 Å². The van der Waals surface area contributed by atoms with Gasteiger partial charge >= 0.3 is 0 Å². The van der Waals surface area contributed by atoms with Crippen LogP contribution in [-0.2, 0) is 34.0 Å². The van der Waals surface area contributed by atoms with Gasteiger partial charge in [0.2, 0.25) is 11.8 Å². The number of nitrogens with one attached hydrogen (secondary N) is 1. The van der Waals surface area contributed by atoms with Crippen molar-refractivity contribution in [2.45, 2.75) is 38.5 Å². The lowest BCUT2D eigenvalue weighted by Crippen LogP contribution is -2.49. The van der Waals surface area contributed by atoms with Gasteiger partial charge in [-0.15, -0.1) is 0 Å². The molecule has 2 saturated heterocycles. The zero-order valence-corrected chi connectivity index (χ0v) is 18.7. The maximum absolute atomic E-state index is 13.1. The molecule has 2 fully saturated rings. The van der Waals surface area contributed by atoms with Gasteiger partial charge in [0.25, 0.3) is 5.91 Å². The molecule has 3 aliphatic rings. The summed E-state index contributed by atoms with van der Waals surface area (Å²) in [5.74, 6) is -0.262. The van der Waals surface area contributed by atoms with E-state index in [1.807, 2.05) is 0 Å². The van der Waals surface area contributed by atoms with Crippen molar-refractivity contribution in [2.75, 3.05) is 19.8 Å². The Morgan fingerprint density at radius 1 is 1.15 bits per heavy atom. The van der Waals surface area contributed by atoms with Crippen LogP contribution in [0.1, 0.15) is 42.6 Å². The van der Waals surface area contributed by atoms with Crippen LogP contribution in [-0.4, -0.2) is 53.3 Å². The smallest absolute Gasteiger partial charge is 0.255 e. The Morgan fingerprint density at radius 3 is 2.71 bits per heavy atom. The standard InChI is InChI=1S/C26H27N3O5/c1-17-5-10-22(25(31)27-17)29-14-21-20(26(29)32)3-2-4-23(21)34-15-19-8-6-18(7-9-19)13-28-11-12-33-16-24(28)30/h2-4,6-9,22H,1,5,10-16H2,(H,27,31)/i13D,15D. The van der Waals surface area contributed by atoms with Gasteiger partial charge in [-0.2, -0.15) is 0 Å². The predicted octanol–water partition coefficient (Wildman–Crippen LogP) is 2.37. The third-order valence-electron chi connectivity index (χ3n) is 6.24. The van der Waals surface area contributed by atoms with E-state index in [1.54, 1.807) is 47.4 Å². The number of hydrogen-bond donors (Lipinski definition) is 1. The van der Waals surface area contributed by atoms with Crippen molar-refractivity contribution in [1.29, 1.82) is 0 Å². The Labute approximate surface area is 200 Å². The average molecular weight is 464 g/mol. The van der Waals surface area contributed by atoms with E-state index in [9.17, 15) is 14.4 Å². The fourth-order valence-corrected chi connectivity index (χ4v) is 4.39. The molecular weight excluding hydrogens is 434 g/mol. The maximum Gasteiger partial charge on any atom is 0.255 e. The molecule has 34 heavy (non-hydrogen) atoms. The Kier molecular flexibility index (Phi) is 5.42.